The number of amides is 1. The maximum absolute atomic E-state index is 11.9. The number of Topliss-reactive ketones (excluding diaryl/α,β-unsaturated/α-hetero) is 1. The summed E-state index contributed by atoms with van der Waals surface area (Å²) in [7, 11) is 0. The van der Waals surface area contributed by atoms with Crippen molar-refractivity contribution >= 4 is 17.8 Å². The van der Waals surface area contributed by atoms with E-state index in [2.05, 4.69) is 5.32 Å². The molecule has 0 heterocycles. The Bertz CT molecular complexity index is 399. The first kappa shape index (κ1) is 17.5. The Morgan fingerprint density at radius 3 is 2.43 bits per heavy atom. The zero-order valence-electron chi connectivity index (χ0n) is 13.2. The van der Waals surface area contributed by atoms with Crippen LogP contribution in [0.25, 0.3) is 0 Å². The Hall–Kier alpha value is -1.59. The Kier molecular flexibility index (Phi) is 6.18. The van der Waals surface area contributed by atoms with Gasteiger partial charge in [0.05, 0.1) is 6.61 Å². The Labute approximate surface area is 125 Å². The summed E-state index contributed by atoms with van der Waals surface area (Å²) in [5.41, 5.74) is -0.540. The van der Waals surface area contributed by atoms with Gasteiger partial charge in [0.15, 0.2) is 0 Å². The summed E-state index contributed by atoms with van der Waals surface area (Å²) in [4.78, 5) is 34.9. The zero-order chi connectivity index (χ0) is 16.0. The highest BCUT2D eigenvalue weighted by molar-refractivity contribution is 5.97. The number of hydrogen-bond acceptors (Lipinski definition) is 5. The van der Waals surface area contributed by atoms with E-state index in [0.29, 0.717) is 12.8 Å². The molecule has 120 valence electrons. The first-order valence-corrected chi connectivity index (χ1v) is 7.39. The van der Waals surface area contributed by atoms with Crippen LogP contribution in [0.5, 0.6) is 0 Å². The van der Waals surface area contributed by atoms with Crippen LogP contribution in [0.2, 0.25) is 0 Å². The largest absolute Gasteiger partial charge is 0.466 e. The van der Waals surface area contributed by atoms with Crippen molar-refractivity contribution in [1.82, 2.24) is 5.32 Å². The molecule has 0 aromatic heterocycles. The van der Waals surface area contributed by atoms with E-state index in [9.17, 15) is 14.4 Å². The zero-order valence-corrected chi connectivity index (χ0v) is 13.2. The maximum atomic E-state index is 11.9. The van der Waals surface area contributed by atoms with E-state index in [1.807, 2.05) is 0 Å². The molecule has 21 heavy (non-hydrogen) atoms. The highest BCUT2D eigenvalue weighted by atomic mass is 16.6. The quantitative estimate of drug-likeness (QED) is 0.621. The molecule has 6 heteroatoms. The number of ketones is 1. The van der Waals surface area contributed by atoms with Gasteiger partial charge in [-0.25, -0.2) is 4.79 Å². The van der Waals surface area contributed by atoms with Crippen molar-refractivity contribution in [3.8, 4) is 0 Å². The van der Waals surface area contributed by atoms with Gasteiger partial charge in [-0.15, -0.1) is 0 Å². The van der Waals surface area contributed by atoms with Crippen LogP contribution in [-0.4, -0.2) is 36.1 Å². The first-order chi connectivity index (χ1) is 9.71. The average molecular weight is 299 g/mol. The van der Waals surface area contributed by atoms with Crippen molar-refractivity contribution in [2.24, 2.45) is 5.92 Å². The molecule has 1 fully saturated rings. The lowest BCUT2D eigenvalue weighted by Crippen LogP contribution is -2.38. The number of esters is 1. The van der Waals surface area contributed by atoms with E-state index in [4.69, 9.17) is 9.47 Å². The molecule has 1 N–H and O–H groups in total. The van der Waals surface area contributed by atoms with Gasteiger partial charge in [0.1, 0.15) is 17.8 Å². The molecule has 2 unspecified atom stereocenters. The van der Waals surface area contributed by atoms with Crippen molar-refractivity contribution in [3.63, 3.8) is 0 Å². The van der Waals surface area contributed by atoms with Crippen LogP contribution >= 0.6 is 0 Å². The number of rotatable bonds is 5. The predicted molar refractivity (Wildman–Crippen MR) is 76.8 cm³/mol. The topological polar surface area (TPSA) is 81.7 Å². The lowest BCUT2D eigenvalue weighted by Gasteiger charge is -2.21. The molecule has 0 aromatic carbocycles. The number of nitrogens with one attached hydrogen (secondary N) is 1. The summed E-state index contributed by atoms with van der Waals surface area (Å²) in [6.45, 7) is 7.38. The first-order valence-electron chi connectivity index (χ1n) is 7.39. The van der Waals surface area contributed by atoms with E-state index in [1.165, 1.54) is 0 Å². The summed E-state index contributed by atoms with van der Waals surface area (Å²) in [6.07, 6.45) is 1.30. The summed E-state index contributed by atoms with van der Waals surface area (Å²) in [5.74, 6) is -0.776. The van der Waals surface area contributed by atoms with Crippen LogP contribution in [0, 0.1) is 5.92 Å². The third-order valence-electron chi connectivity index (χ3n) is 3.23. The molecule has 1 aliphatic carbocycles. The highest BCUT2D eigenvalue weighted by Crippen LogP contribution is 2.27. The number of carbonyl (C=O) groups excluding carboxylic acids is 3. The van der Waals surface area contributed by atoms with Crippen molar-refractivity contribution in [2.45, 2.75) is 65.0 Å². The van der Waals surface area contributed by atoms with Gasteiger partial charge < -0.3 is 14.8 Å². The minimum Gasteiger partial charge on any atom is -0.466 e. The fourth-order valence-electron chi connectivity index (χ4n) is 2.38. The summed E-state index contributed by atoms with van der Waals surface area (Å²) < 4.78 is 9.95. The minimum atomic E-state index is -0.540. The number of hydrogen-bond donors (Lipinski definition) is 1. The average Bonchev–Trinajstić information content (AvgIpc) is 2.74. The van der Waals surface area contributed by atoms with Gasteiger partial charge >= 0.3 is 12.1 Å². The molecule has 0 spiro atoms. The van der Waals surface area contributed by atoms with Gasteiger partial charge in [-0.2, -0.15) is 0 Å². The van der Waals surface area contributed by atoms with E-state index in [-0.39, 0.29) is 30.8 Å². The van der Waals surface area contributed by atoms with Crippen LogP contribution in [0.3, 0.4) is 0 Å². The predicted octanol–water partition coefficient (Wildman–Crippen LogP) is 2.20. The SMILES string of the molecule is CCOC(=O)CC(=O)C1CCC(NC(=O)OC(C)(C)C)C1. The molecule has 0 aromatic rings. The van der Waals surface area contributed by atoms with Gasteiger partial charge in [0.2, 0.25) is 0 Å². The van der Waals surface area contributed by atoms with Crippen LogP contribution in [-0.2, 0) is 19.1 Å². The second-order valence-corrected chi connectivity index (χ2v) is 6.30. The van der Waals surface area contributed by atoms with Crippen molar-refractivity contribution in [1.29, 1.82) is 0 Å². The van der Waals surface area contributed by atoms with Crippen LogP contribution in [0.1, 0.15) is 53.4 Å². The Morgan fingerprint density at radius 2 is 1.86 bits per heavy atom. The van der Waals surface area contributed by atoms with Crippen LogP contribution < -0.4 is 5.32 Å². The van der Waals surface area contributed by atoms with Gasteiger partial charge in [-0.1, -0.05) is 0 Å². The molecule has 0 bridgehead atoms. The molecular weight excluding hydrogens is 274 g/mol. The number of alkyl carbamates (subject to hydrolysis) is 1. The summed E-state index contributed by atoms with van der Waals surface area (Å²) >= 11 is 0. The molecule has 1 amide bonds. The maximum Gasteiger partial charge on any atom is 0.407 e. The smallest absolute Gasteiger partial charge is 0.407 e. The fourth-order valence-corrected chi connectivity index (χ4v) is 2.38. The van der Waals surface area contributed by atoms with Crippen molar-refractivity contribution in [3.05, 3.63) is 0 Å². The van der Waals surface area contributed by atoms with Gasteiger partial charge in [-0.3, -0.25) is 9.59 Å². The van der Waals surface area contributed by atoms with E-state index in [0.717, 1.165) is 6.42 Å². The second-order valence-electron chi connectivity index (χ2n) is 6.30. The lowest BCUT2D eigenvalue weighted by molar-refractivity contribution is -0.146. The van der Waals surface area contributed by atoms with Gasteiger partial charge in [-0.05, 0) is 47.0 Å². The molecule has 0 aliphatic heterocycles. The number of ether oxygens (including phenoxy) is 2. The molecule has 1 aliphatic rings. The third kappa shape index (κ3) is 6.60. The normalized spacial score (nSPS) is 21.7. The standard InChI is InChI=1S/C15H25NO5/c1-5-20-13(18)9-12(17)10-6-7-11(8-10)16-14(19)21-15(2,3)4/h10-11H,5-9H2,1-4H3,(H,16,19). The monoisotopic (exact) mass is 299 g/mol. The van der Waals surface area contributed by atoms with E-state index >= 15 is 0 Å². The Morgan fingerprint density at radius 1 is 1.19 bits per heavy atom. The van der Waals surface area contributed by atoms with Crippen LogP contribution in [0.4, 0.5) is 4.79 Å². The molecule has 2 atom stereocenters. The van der Waals surface area contributed by atoms with Gasteiger partial charge in [0.25, 0.3) is 0 Å². The molecule has 1 saturated carbocycles. The lowest BCUT2D eigenvalue weighted by atomic mass is 10.00. The minimum absolute atomic E-state index is 0.0732. The fraction of sp³-hybridized carbons (Fsp3) is 0.800. The van der Waals surface area contributed by atoms with Crippen molar-refractivity contribution in [2.75, 3.05) is 6.61 Å². The highest BCUT2D eigenvalue weighted by Gasteiger charge is 2.32. The Balaban J connectivity index is 2.37. The van der Waals surface area contributed by atoms with Crippen molar-refractivity contribution < 1.29 is 23.9 Å². The van der Waals surface area contributed by atoms with E-state index < -0.39 is 17.7 Å². The molecule has 1 rings (SSSR count). The summed E-state index contributed by atoms with van der Waals surface area (Å²) in [5, 5.41) is 2.77. The molecule has 0 saturated heterocycles. The second kappa shape index (κ2) is 7.43. The molecule has 6 nitrogen and oxygen atoms in total. The van der Waals surface area contributed by atoms with Gasteiger partial charge in [0, 0.05) is 12.0 Å². The summed E-state index contributed by atoms with van der Waals surface area (Å²) in [6, 6.07) is -0.0732. The van der Waals surface area contributed by atoms with Crippen LogP contribution in [0.15, 0.2) is 0 Å². The third-order valence-corrected chi connectivity index (χ3v) is 3.23. The molecule has 0 radical (unpaired) electrons. The molecular formula is C15H25NO5. The van der Waals surface area contributed by atoms with E-state index in [1.54, 1.807) is 27.7 Å². The number of carbonyl (C=O) groups is 3.